The molecule has 0 heterocycles. The number of carbonyl (C=O) groups excluding carboxylic acids is 1. The summed E-state index contributed by atoms with van der Waals surface area (Å²) in [6.07, 6.45) is 6.28. The number of phosphoric ester groups is 1. The number of hydrogen-bond acceptors (Lipinski definition) is 6. The van der Waals surface area contributed by atoms with Gasteiger partial charge in [0.05, 0.1) is 6.08 Å². The highest BCUT2D eigenvalue weighted by Crippen LogP contribution is 2.49. The number of allylic oxidation sites excluding steroid dienone is 1. The van der Waals surface area contributed by atoms with Crippen LogP contribution in [0.15, 0.2) is 11.8 Å². The summed E-state index contributed by atoms with van der Waals surface area (Å²) in [6.45, 7) is 1.49. The van der Waals surface area contributed by atoms with E-state index in [-0.39, 0.29) is 11.9 Å². The van der Waals surface area contributed by atoms with Gasteiger partial charge in [0.1, 0.15) is 11.9 Å². The quantitative estimate of drug-likeness (QED) is 0.324. The fraction of sp³-hybridized carbons (Fsp3) is 0.750. The van der Waals surface area contributed by atoms with Crippen molar-refractivity contribution in [1.82, 2.24) is 0 Å². The second kappa shape index (κ2) is 7.68. The molecule has 0 atom stereocenters. The van der Waals surface area contributed by atoms with Crippen LogP contribution in [0.3, 0.4) is 0 Å². The normalized spacial score (nSPS) is 18.2. The van der Waals surface area contributed by atoms with E-state index in [0.717, 1.165) is 31.8 Å². The van der Waals surface area contributed by atoms with Crippen molar-refractivity contribution in [3.63, 3.8) is 0 Å². The molecule has 6 nitrogen and oxygen atoms in total. The van der Waals surface area contributed by atoms with Gasteiger partial charge in [0.15, 0.2) is 0 Å². The van der Waals surface area contributed by atoms with E-state index in [1.165, 1.54) is 27.6 Å². The first-order valence-corrected chi connectivity index (χ1v) is 7.75. The number of carbonyl (C=O) groups is 1. The Morgan fingerprint density at radius 2 is 1.74 bits per heavy atom. The minimum Gasteiger partial charge on any atom is -0.459 e. The second-order valence-electron chi connectivity index (χ2n) is 4.36. The molecule has 0 spiro atoms. The number of hydrogen-bond donors (Lipinski definition) is 0. The number of phosphoric acid groups is 1. The van der Waals surface area contributed by atoms with E-state index in [1.807, 2.05) is 0 Å². The smallest absolute Gasteiger partial charge is 0.459 e. The molecule has 1 aliphatic rings. The van der Waals surface area contributed by atoms with Crippen LogP contribution in [0.25, 0.3) is 0 Å². The Hall–Kier alpha value is -0.840. The van der Waals surface area contributed by atoms with Gasteiger partial charge < -0.3 is 9.26 Å². The molecule has 0 radical (unpaired) electrons. The lowest BCUT2D eigenvalue weighted by Crippen LogP contribution is -2.19. The third kappa shape index (κ3) is 5.76. The molecule has 1 aliphatic carbocycles. The molecule has 0 amide bonds. The zero-order valence-corrected chi connectivity index (χ0v) is 12.5. The lowest BCUT2D eigenvalue weighted by Gasteiger charge is -2.21. The van der Waals surface area contributed by atoms with Gasteiger partial charge in [-0.05, 0) is 32.6 Å². The van der Waals surface area contributed by atoms with Gasteiger partial charge in [-0.25, -0.2) is 9.36 Å². The fourth-order valence-corrected chi connectivity index (χ4v) is 2.60. The molecule has 0 aromatic heterocycles. The Morgan fingerprint density at radius 1 is 1.16 bits per heavy atom. The Bertz CT molecular complexity index is 364. The van der Waals surface area contributed by atoms with Crippen LogP contribution in [0, 0.1) is 0 Å². The van der Waals surface area contributed by atoms with E-state index >= 15 is 0 Å². The predicted octanol–water partition coefficient (Wildman–Crippen LogP) is 3.18. The summed E-state index contributed by atoms with van der Waals surface area (Å²) in [7, 11) is -1.20. The molecule has 1 saturated carbocycles. The number of esters is 1. The topological polar surface area (TPSA) is 71.1 Å². The summed E-state index contributed by atoms with van der Waals surface area (Å²) in [5, 5.41) is 0. The van der Waals surface area contributed by atoms with Crippen LogP contribution < -0.4 is 0 Å². The van der Waals surface area contributed by atoms with E-state index in [0.29, 0.717) is 0 Å². The van der Waals surface area contributed by atoms with Crippen LogP contribution in [-0.4, -0.2) is 26.3 Å². The molecule has 7 heteroatoms. The van der Waals surface area contributed by atoms with Crippen LogP contribution in [0.1, 0.15) is 39.0 Å². The first-order valence-electron chi connectivity index (χ1n) is 6.29. The lowest BCUT2D eigenvalue weighted by atomic mass is 9.98. The summed E-state index contributed by atoms with van der Waals surface area (Å²) in [6, 6.07) is 0. The van der Waals surface area contributed by atoms with E-state index in [9.17, 15) is 9.36 Å². The first kappa shape index (κ1) is 16.2. The van der Waals surface area contributed by atoms with Gasteiger partial charge in [0.25, 0.3) is 0 Å². The molecule has 0 N–H and O–H groups in total. The van der Waals surface area contributed by atoms with Gasteiger partial charge in [0.2, 0.25) is 0 Å². The van der Waals surface area contributed by atoms with Crippen molar-refractivity contribution < 1.29 is 27.7 Å². The SMILES string of the molecule is COP(=O)(OC)O/C(C)=C/C(=O)OC1CCCCC1. The highest BCUT2D eigenvalue weighted by molar-refractivity contribution is 7.48. The van der Waals surface area contributed by atoms with Crippen molar-refractivity contribution in [2.24, 2.45) is 0 Å². The van der Waals surface area contributed by atoms with E-state index in [1.54, 1.807) is 0 Å². The Kier molecular flexibility index (Phi) is 6.55. The zero-order chi connectivity index (χ0) is 14.3. The van der Waals surface area contributed by atoms with E-state index in [2.05, 4.69) is 9.05 Å². The maximum absolute atomic E-state index is 11.7. The predicted molar refractivity (Wildman–Crippen MR) is 69.4 cm³/mol. The summed E-state index contributed by atoms with van der Waals surface area (Å²) < 4.78 is 31.1. The Labute approximate surface area is 113 Å². The summed E-state index contributed by atoms with van der Waals surface area (Å²) in [5.41, 5.74) is 0. The largest absolute Gasteiger partial charge is 0.529 e. The summed E-state index contributed by atoms with van der Waals surface area (Å²) in [4.78, 5) is 11.6. The highest BCUT2D eigenvalue weighted by Gasteiger charge is 2.25. The monoisotopic (exact) mass is 292 g/mol. The molecule has 1 rings (SSSR count). The minimum atomic E-state index is -3.61. The van der Waals surface area contributed by atoms with Gasteiger partial charge >= 0.3 is 13.8 Å². The van der Waals surface area contributed by atoms with Crippen molar-refractivity contribution in [2.75, 3.05) is 14.2 Å². The number of ether oxygens (including phenoxy) is 1. The minimum absolute atomic E-state index is 0.0260. The maximum Gasteiger partial charge on any atom is 0.529 e. The van der Waals surface area contributed by atoms with Crippen LogP contribution in [0.2, 0.25) is 0 Å². The van der Waals surface area contributed by atoms with E-state index in [4.69, 9.17) is 9.26 Å². The average Bonchev–Trinajstić information content (AvgIpc) is 2.39. The molecule has 19 heavy (non-hydrogen) atoms. The van der Waals surface area contributed by atoms with Crippen LogP contribution >= 0.6 is 7.82 Å². The summed E-state index contributed by atoms with van der Waals surface area (Å²) >= 11 is 0. The van der Waals surface area contributed by atoms with E-state index < -0.39 is 13.8 Å². The third-order valence-corrected chi connectivity index (χ3v) is 4.27. The fourth-order valence-electron chi connectivity index (χ4n) is 1.90. The highest BCUT2D eigenvalue weighted by atomic mass is 31.2. The molecule has 0 unspecified atom stereocenters. The molecular weight excluding hydrogens is 271 g/mol. The van der Waals surface area contributed by atoms with Gasteiger partial charge in [0, 0.05) is 14.2 Å². The summed E-state index contributed by atoms with van der Waals surface area (Å²) in [5.74, 6) is -0.365. The van der Waals surface area contributed by atoms with Crippen molar-refractivity contribution in [2.45, 2.75) is 45.1 Å². The second-order valence-corrected chi connectivity index (χ2v) is 6.16. The molecule has 0 aromatic rings. The van der Waals surface area contributed by atoms with Crippen molar-refractivity contribution in [3.05, 3.63) is 11.8 Å². The standard InChI is InChI=1S/C12H21O6P/c1-10(18-19(14,15-2)16-3)9-12(13)17-11-7-5-4-6-8-11/h9,11H,4-8H2,1-3H3/b10-9+. The van der Waals surface area contributed by atoms with Gasteiger partial charge in [-0.15, -0.1) is 0 Å². The third-order valence-electron chi connectivity index (χ3n) is 2.86. The number of rotatable bonds is 6. The molecule has 1 fully saturated rings. The lowest BCUT2D eigenvalue weighted by molar-refractivity contribution is -0.144. The molecule has 0 aliphatic heterocycles. The Morgan fingerprint density at radius 3 is 2.26 bits per heavy atom. The maximum atomic E-state index is 11.7. The van der Waals surface area contributed by atoms with Crippen molar-refractivity contribution in [1.29, 1.82) is 0 Å². The zero-order valence-electron chi connectivity index (χ0n) is 11.6. The van der Waals surface area contributed by atoms with Gasteiger partial charge in [-0.2, -0.15) is 0 Å². The Balaban J connectivity index is 2.48. The van der Waals surface area contributed by atoms with Crippen molar-refractivity contribution >= 4 is 13.8 Å². The molecule has 0 bridgehead atoms. The average molecular weight is 292 g/mol. The van der Waals surface area contributed by atoms with Crippen LogP contribution in [0.4, 0.5) is 0 Å². The first-order chi connectivity index (χ1) is 8.99. The molecular formula is C12H21O6P. The molecule has 0 aromatic carbocycles. The van der Waals surface area contributed by atoms with Gasteiger partial charge in [-0.1, -0.05) is 6.42 Å². The van der Waals surface area contributed by atoms with Gasteiger partial charge in [-0.3, -0.25) is 9.05 Å². The van der Waals surface area contributed by atoms with Crippen LogP contribution in [0.5, 0.6) is 0 Å². The van der Waals surface area contributed by atoms with Crippen LogP contribution in [-0.2, 0) is 27.7 Å². The molecule has 0 saturated heterocycles. The van der Waals surface area contributed by atoms with Crippen molar-refractivity contribution in [3.8, 4) is 0 Å². The molecule has 110 valence electrons.